The van der Waals surface area contributed by atoms with E-state index in [4.69, 9.17) is 19.8 Å². The van der Waals surface area contributed by atoms with E-state index in [1.807, 2.05) is 6.07 Å². The number of ether oxygens (including phenoxy) is 2. The highest BCUT2D eigenvalue weighted by molar-refractivity contribution is 5.89. The van der Waals surface area contributed by atoms with Crippen LogP contribution in [0.4, 0.5) is 0 Å². The average molecular weight is 207 g/mol. The zero-order valence-corrected chi connectivity index (χ0v) is 8.27. The lowest BCUT2D eigenvalue weighted by atomic mass is 10.1. The molecule has 0 fully saturated rings. The minimum atomic E-state index is -1.12. The number of nitrogens with zero attached hydrogens (tertiary/aromatic N) is 1. The quantitative estimate of drug-likeness (QED) is 0.807. The molecule has 0 aliphatic rings. The summed E-state index contributed by atoms with van der Waals surface area (Å²) in [5.74, 6) is -0.647. The summed E-state index contributed by atoms with van der Waals surface area (Å²) < 4.78 is 9.88. The maximum atomic E-state index is 10.7. The standard InChI is InChI=1S/C10H9NO4/c1-14-8-4-6(10(12)13)3-7(5-11)9(8)15-2/h3-4H,1-2H3,(H,12,13). The van der Waals surface area contributed by atoms with E-state index < -0.39 is 5.97 Å². The van der Waals surface area contributed by atoms with Crippen molar-refractivity contribution >= 4 is 5.97 Å². The maximum Gasteiger partial charge on any atom is 0.335 e. The summed E-state index contributed by atoms with van der Waals surface area (Å²) in [4.78, 5) is 10.7. The Hall–Kier alpha value is -2.22. The zero-order chi connectivity index (χ0) is 11.4. The van der Waals surface area contributed by atoms with Crippen LogP contribution < -0.4 is 9.47 Å². The van der Waals surface area contributed by atoms with Crippen molar-refractivity contribution < 1.29 is 19.4 Å². The fourth-order valence-corrected chi connectivity index (χ4v) is 1.17. The van der Waals surface area contributed by atoms with Gasteiger partial charge in [-0.05, 0) is 12.1 Å². The van der Waals surface area contributed by atoms with Crippen LogP contribution >= 0.6 is 0 Å². The largest absolute Gasteiger partial charge is 0.493 e. The lowest BCUT2D eigenvalue weighted by molar-refractivity contribution is 0.0696. The monoisotopic (exact) mass is 207 g/mol. The zero-order valence-electron chi connectivity index (χ0n) is 8.27. The molecular weight excluding hydrogens is 198 g/mol. The van der Waals surface area contributed by atoms with Crippen LogP contribution in [0.5, 0.6) is 11.5 Å². The van der Waals surface area contributed by atoms with Gasteiger partial charge < -0.3 is 14.6 Å². The van der Waals surface area contributed by atoms with Crippen LogP contribution in [0.1, 0.15) is 15.9 Å². The van der Waals surface area contributed by atoms with E-state index in [-0.39, 0.29) is 22.6 Å². The second-order valence-corrected chi connectivity index (χ2v) is 2.68. The van der Waals surface area contributed by atoms with Crippen LogP contribution in [0, 0.1) is 11.3 Å². The first kappa shape index (κ1) is 10.9. The number of aromatic carboxylic acids is 1. The second-order valence-electron chi connectivity index (χ2n) is 2.68. The summed E-state index contributed by atoms with van der Waals surface area (Å²) in [6.07, 6.45) is 0. The Kier molecular flexibility index (Phi) is 3.13. The van der Waals surface area contributed by atoms with Gasteiger partial charge in [-0.15, -0.1) is 0 Å². The van der Waals surface area contributed by atoms with Gasteiger partial charge in [-0.25, -0.2) is 4.79 Å². The van der Waals surface area contributed by atoms with Crippen LogP contribution in [0.2, 0.25) is 0 Å². The first-order valence-electron chi connectivity index (χ1n) is 4.03. The SMILES string of the molecule is COc1cc(C(=O)O)cc(C#N)c1OC. The fourth-order valence-electron chi connectivity index (χ4n) is 1.17. The molecule has 1 aromatic rings. The van der Waals surface area contributed by atoms with Gasteiger partial charge in [0.25, 0.3) is 0 Å². The third-order valence-corrected chi connectivity index (χ3v) is 1.85. The average Bonchev–Trinajstić information content (AvgIpc) is 2.26. The molecule has 0 aliphatic carbocycles. The lowest BCUT2D eigenvalue weighted by Gasteiger charge is -2.09. The third kappa shape index (κ3) is 1.99. The summed E-state index contributed by atoms with van der Waals surface area (Å²) in [7, 11) is 2.77. The highest BCUT2D eigenvalue weighted by Gasteiger charge is 2.15. The number of benzene rings is 1. The van der Waals surface area contributed by atoms with E-state index in [1.54, 1.807) is 0 Å². The van der Waals surface area contributed by atoms with Crippen molar-refractivity contribution in [1.82, 2.24) is 0 Å². The molecule has 1 aromatic carbocycles. The van der Waals surface area contributed by atoms with Crippen molar-refractivity contribution in [2.24, 2.45) is 0 Å². The van der Waals surface area contributed by atoms with Crippen LogP contribution in [-0.4, -0.2) is 25.3 Å². The van der Waals surface area contributed by atoms with Crippen molar-refractivity contribution in [3.05, 3.63) is 23.3 Å². The van der Waals surface area contributed by atoms with Gasteiger partial charge >= 0.3 is 5.97 Å². The molecule has 0 bridgehead atoms. The van der Waals surface area contributed by atoms with E-state index in [2.05, 4.69) is 0 Å². The number of nitriles is 1. The molecule has 0 saturated heterocycles. The topological polar surface area (TPSA) is 79.5 Å². The van der Waals surface area contributed by atoms with Gasteiger partial charge in [-0.1, -0.05) is 0 Å². The van der Waals surface area contributed by atoms with Gasteiger partial charge in [0, 0.05) is 0 Å². The Labute approximate surface area is 86.5 Å². The summed E-state index contributed by atoms with van der Waals surface area (Å²) >= 11 is 0. The molecule has 15 heavy (non-hydrogen) atoms. The Morgan fingerprint density at radius 2 is 2.07 bits per heavy atom. The molecule has 0 saturated carbocycles. The normalized spacial score (nSPS) is 9.13. The number of carbonyl (C=O) groups is 1. The van der Waals surface area contributed by atoms with Gasteiger partial charge in [0.2, 0.25) is 0 Å². The van der Waals surface area contributed by atoms with Crippen molar-refractivity contribution in [2.45, 2.75) is 0 Å². The predicted molar refractivity (Wildman–Crippen MR) is 51.2 cm³/mol. The Balaban J connectivity index is 3.44. The van der Waals surface area contributed by atoms with Gasteiger partial charge in [0.15, 0.2) is 11.5 Å². The molecule has 5 heteroatoms. The highest BCUT2D eigenvalue weighted by atomic mass is 16.5. The molecule has 0 unspecified atom stereocenters. The summed E-state index contributed by atoms with van der Waals surface area (Å²) in [5, 5.41) is 17.6. The number of methoxy groups -OCH3 is 2. The van der Waals surface area contributed by atoms with E-state index in [9.17, 15) is 4.79 Å². The van der Waals surface area contributed by atoms with E-state index in [0.717, 1.165) is 0 Å². The van der Waals surface area contributed by atoms with Crippen molar-refractivity contribution in [1.29, 1.82) is 5.26 Å². The first-order valence-corrected chi connectivity index (χ1v) is 4.03. The van der Waals surface area contributed by atoms with E-state index >= 15 is 0 Å². The molecular formula is C10H9NO4. The lowest BCUT2D eigenvalue weighted by Crippen LogP contribution is -2.01. The number of rotatable bonds is 3. The van der Waals surface area contributed by atoms with Crippen molar-refractivity contribution in [3.63, 3.8) is 0 Å². The molecule has 1 N–H and O–H groups in total. The van der Waals surface area contributed by atoms with Crippen LogP contribution in [0.15, 0.2) is 12.1 Å². The molecule has 0 aromatic heterocycles. The molecule has 78 valence electrons. The molecule has 5 nitrogen and oxygen atoms in total. The number of hydrogen-bond acceptors (Lipinski definition) is 4. The predicted octanol–water partition coefficient (Wildman–Crippen LogP) is 1.27. The Morgan fingerprint density at radius 3 is 2.47 bits per heavy atom. The molecule has 0 radical (unpaired) electrons. The Morgan fingerprint density at radius 1 is 1.40 bits per heavy atom. The van der Waals surface area contributed by atoms with Crippen LogP contribution in [0.25, 0.3) is 0 Å². The molecule has 0 spiro atoms. The van der Waals surface area contributed by atoms with Gasteiger partial charge in [0.1, 0.15) is 6.07 Å². The molecule has 0 heterocycles. The van der Waals surface area contributed by atoms with Gasteiger partial charge in [-0.3, -0.25) is 0 Å². The second kappa shape index (κ2) is 4.33. The highest BCUT2D eigenvalue weighted by Crippen LogP contribution is 2.31. The fraction of sp³-hybridized carbons (Fsp3) is 0.200. The molecule has 0 aliphatic heterocycles. The molecule has 0 amide bonds. The van der Waals surface area contributed by atoms with Crippen molar-refractivity contribution in [2.75, 3.05) is 14.2 Å². The molecule has 1 rings (SSSR count). The molecule has 0 atom stereocenters. The van der Waals surface area contributed by atoms with Gasteiger partial charge in [-0.2, -0.15) is 5.26 Å². The number of carboxylic acid groups (broad SMARTS) is 1. The minimum absolute atomic E-state index is 0.01000. The summed E-state index contributed by atoms with van der Waals surface area (Å²) in [6.45, 7) is 0. The number of carboxylic acids is 1. The number of hydrogen-bond donors (Lipinski definition) is 1. The smallest absolute Gasteiger partial charge is 0.335 e. The summed E-state index contributed by atoms with van der Waals surface area (Å²) in [5.41, 5.74) is 0.124. The van der Waals surface area contributed by atoms with E-state index in [1.165, 1.54) is 26.4 Å². The van der Waals surface area contributed by atoms with Gasteiger partial charge in [0.05, 0.1) is 25.3 Å². The third-order valence-electron chi connectivity index (χ3n) is 1.85. The van der Waals surface area contributed by atoms with Crippen molar-refractivity contribution in [3.8, 4) is 17.6 Å². The van der Waals surface area contributed by atoms with Crippen LogP contribution in [0.3, 0.4) is 0 Å². The van der Waals surface area contributed by atoms with E-state index in [0.29, 0.717) is 0 Å². The first-order chi connectivity index (χ1) is 7.13. The Bertz CT molecular complexity index is 434. The maximum absolute atomic E-state index is 10.7. The minimum Gasteiger partial charge on any atom is -0.493 e. The summed E-state index contributed by atoms with van der Waals surface area (Å²) in [6, 6.07) is 4.40. The van der Waals surface area contributed by atoms with Crippen LogP contribution in [-0.2, 0) is 0 Å².